The summed E-state index contributed by atoms with van der Waals surface area (Å²) in [6.45, 7) is 5.07. The van der Waals surface area contributed by atoms with Crippen molar-refractivity contribution >= 4 is 11.7 Å². The highest BCUT2D eigenvalue weighted by Gasteiger charge is 2.36. The second kappa shape index (κ2) is 10.1. The molecule has 0 bridgehead atoms. The maximum Gasteiger partial charge on any atom is 0.417 e. The van der Waals surface area contributed by atoms with Gasteiger partial charge in [-0.2, -0.15) is 13.2 Å². The van der Waals surface area contributed by atoms with Crippen molar-refractivity contribution in [1.82, 2.24) is 15.5 Å². The third-order valence-corrected chi connectivity index (χ3v) is 6.52. The second-order valence-corrected chi connectivity index (χ2v) is 8.77. The third kappa shape index (κ3) is 5.27. The highest BCUT2D eigenvalue weighted by atomic mass is 19.4. The number of rotatable bonds is 5. The Labute approximate surface area is 206 Å². The highest BCUT2D eigenvalue weighted by molar-refractivity contribution is 5.96. The fourth-order valence-corrected chi connectivity index (χ4v) is 4.36. The molecule has 1 amide bonds. The Morgan fingerprint density at radius 3 is 2.31 bits per heavy atom. The number of nitrogens with one attached hydrogen (secondary N) is 1. The van der Waals surface area contributed by atoms with Crippen LogP contribution in [-0.2, 0) is 6.18 Å². The van der Waals surface area contributed by atoms with Crippen LogP contribution in [0.4, 0.5) is 23.4 Å². The minimum Gasteiger partial charge on any atom is -0.497 e. The first-order chi connectivity index (χ1) is 17.1. The zero-order valence-corrected chi connectivity index (χ0v) is 20.1. The average molecular weight is 503 g/mol. The Bertz CT molecular complexity index is 1250. The first kappa shape index (κ1) is 25.4. The fraction of sp³-hybridized carbons (Fsp3) is 0.346. The molecule has 0 aliphatic carbocycles. The van der Waals surface area contributed by atoms with Gasteiger partial charge in [0.1, 0.15) is 11.6 Å². The predicted octanol–water partition coefficient (Wildman–Crippen LogP) is 5.33. The zero-order chi connectivity index (χ0) is 26.0. The molecule has 0 radical (unpaired) electrons. The van der Waals surface area contributed by atoms with E-state index in [-0.39, 0.29) is 6.04 Å². The smallest absolute Gasteiger partial charge is 0.417 e. The van der Waals surface area contributed by atoms with Gasteiger partial charge in [0.2, 0.25) is 0 Å². The molecule has 1 fully saturated rings. The quantitative estimate of drug-likeness (QED) is 0.478. The summed E-state index contributed by atoms with van der Waals surface area (Å²) in [4.78, 5) is 14.6. The van der Waals surface area contributed by atoms with Crippen molar-refractivity contribution in [3.63, 3.8) is 0 Å². The molecule has 1 N–H and O–H groups in total. The Morgan fingerprint density at radius 1 is 1.03 bits per heavy atom. The first-order valence-corrected chi connectivity index (χ1v) is 11.5. The summed E-state index contributed by atoms with van der Waals surface area (Å²) in [5.74, 6) is -0.414. The van der Waals surface area contributed by atoms with Crippen LogP contribution in [0.5, 0.6) is 5.75 Å². The second-order valence-electron chi connectivity index (χ2n) is 8.77. The lowest BCUT2D eigenvalue weighted by Crippen LogP contribution is -2.45. The van der Waals surface area contributed by atoms with Gasteiger partial charge in [0, 0.05) is 24.7 Å². The molecule has 190 valence electrons. The molecule has 1 aliphatic rings. The van der Waals surface area contributed by atoms with Crippen LogP contribution in [0.25, 0.3) is 11.3 Å². The topological polar surface area (TPSA) is 67.4 Å². The van der Waals surface area contributed by atoms with E-state index in [0.717, 1.165) is 46.1 Å². The van der Waals surface area contributed by atoms with Gasteiger partial charge in [0.25, 0.3) is 5.91 Å². The van der Waals surface area contributed by atoms with Crippen LogP contribution in [-0.4, -0.2) is 42.3 Å². The van der Waals surface area contributed by atoms with E-state index in [9.17, 15) is 22.4 Å². The highest BCUT2D eigenvalue weighted by Crippen LogP contribution is 2.33. The predicted molar refractivity (Wildman–Crippen MR) is 128 cm³/mol. The van der Waals surface area contributed by atoms with Crippen molar-refractivity contribution in [1.29, 1.82) is 0 Å². The minimum atomic E-state index is -4.83. The number of hydrogen-bond donors (Lipinski definition) is 1. The van der Waals surface area contributed by atoms with Gasteiger partial charge in [-0.05, 0) is 80.3 Å². The summed E-state index contributed by atoms with van der Waals surface area (Å²) in [5, 5.41) is 11.6. The number of carbonyl (C=O) groups is 1. The standard InChI is InChI=1S/C26H26F4N4O2/c1-15-16(2)24(33-32-23(15)17-4-7-20(36-3)8-5-17)34-12-10-19(11-13-34)31-25(35)21-9-6-18(27)14-22(21)26(28,29)30/h4-9,14,19H,10-13H2,1-3H3,(H,31,35). The van der Waals surface area contributed by atoms with Crippen molar-refractivity contribution in [3.8, 4) is 17.0 Å². The van der Waals surface area contributed by atoms with Crippen LogP contribution < -0.4 is 15.0 Å². The molecule has 2 heterocycles. The molecule has 2 aromatic carbocycles. The number of benzene rings is 2. The van der Waals surface area contributed by atoms with Crippen molar-refractivity contribution in [2.24, 2.45) is 0 Å². The zero-order valence-electron chi connectivity index (χ0n) is 20.1. The van der Waals surface area contributed by atoms with Crippen molar-refractivity contribution in [2.45, 2.75) is 38.9 Å². The van der Waals surface area contributed by atoms with Gasteiger partial charge in [-0.1, -0.05) is 0 Å². The maximum absolute atomic E-state index is 13.4. The summed E-state index contributed by atoms with van der Waals surface area (Å²) in [6.07, 6.45) is -3.78. The molecule has 1 aliphatic heterocycles. The molecule has 1 saturated heterocycles. The number of amides is 1. The van der Waals surface area contributed by atoms with Crippen molar-refractivity contribution < 1.29 is 27.1 Å². The van der Waals surface area contributed by atoms with E-state index in [0.29, 0.717) is 32.0 Å². The van der Waals surface area contributed by atoms with Gasteiger partial charge < -0.3 is 15.0 Å². The number of halogens is 4. The van der Waals surface area contributed by atoms with Crippen molar-refractivity contribution in [2.75, 3.05) is 25.1 Å². The summed E-state index contributed by atoms with van der Waals surface area (Å²) >= 11 is 0. The van der Waals surface area contributed by atoms with Gasteiger partial charge in [0.15, 0.2) is 5.82 Å². The van der Waals surface area contributed by atoms with Gasteiger partial charge in [-0.25, -0.2) is 4.39 Å². The fourth-order valence-electron chi connectivity index (χ4n) is 4.36. The molecule has 6 nitrogen and oxygen atoms in total. The lowest BCUT2D eigenvalue weighted by Gasteiger charge is -2.34. The summed E-state index contributed by atoms with van der Waals surface area (Å²) in [6, 6.07) is 9.33. The van der Waals surface area contributed by atoms with E-state index in [4.69, 9.17) is 4.74 Å². The first-order valence-electron chi connectivity index (χ1n) is 11.5. The molecule has 0 saturated carbocycles. The average Bonchev–Trinajstić information content (AvgIpc) is 2.86. The molecule has 36 heavy (non-hydrogen) atoms. The number of anilines is 1. The molecule has 0 spiro atoms. The molecule has 3 aromatic rings. The van der Waals surface area contributed by atoms with Crippen LogP contribution in [0.1, 0.15) is 39.9 Å². The number of aromatic nitrogens is 2. The van der Waals surface area contributed by atoms with Gasteiger partial charge in [-0.15, -0.1) is 10.2 Å². The lowest BCUT2D eigenvalue weighted by molar-refractivity contribution is -0.138. The Balaban J connectivity index is 1.43. The van der Waals surface area contributed by atoms with Crippen LogP contribution in [0.3, 0.4) is 0 Å². The number of methoxy groups -OCH3 is 1. The van der Waals surface area contributed by atoms with Gasteiger partial charge >= 0.3 is 6.18 Å². The number of piperidine rings is 1. The maximum atomic E-state index is 13.4. The normalized spacial score (nSPS) is 14.6. The lowest BCUT2D eigenvalue weighted by atomic mass is 10.0. The van der Waals surface area contributed by atoms with Gasteiger partial charge in [0.05, 0.1) is 23.9 Å². The SMILES string of the molecule is COc1ccc(-c2nnc(N3CCC(NC(=O)c4ccc(F)cc4C(F)(F)F)CC3)c(C)c2C)cc1. The molecule has 10 heteroatoms. The molecule has 0 atom stereocenters. The van der Waals surface area contributed by atoms with Crippen LogP contribution >= 0.6 is 0 Å². The summed E-state index contributed by atoms with van der Waals surface area (Å²) < 4.78 is 58.4. The van der Waals surface area contributed by atoms with E-state index >= 15 is 0 Å². The van der Waals surface area contributed by atoms with Crippen LogP contribution in [0.2, 0.25) is 0 Å². The van der Waals surface area contributed by atoms with Crippen molar-refractivity contribution in [3.05, 3.63) is 70.5 Å². The Hall–Kier alpha value is -3.69. The number of hydrogen-bond acceptors (Lipinski definition) is 5. The Kier molecular flexibility index (Phi) is 7.14. The third-order valence-electron chi connectivity index (χ3n) is 6.52. The summed E-state index contributed by atoms with van der Waals surface area (Å²) in [5.41, 5.74) is 1.82. The largest absolute Gasteiger partial charge is 0.497 e. The minimum absolute atomic E-state index is 0.312. The number of alkyl halides is 3. The van der Waals surface area contributed by atoms with Gasteiger partial charge in [-0.3, -0.25) is 4.79 Å². The molecular formula is C26H26F4N4O2. The van der Waals surface area contributed by atoms with E-state index < -0.39 is 29.0 Å². The van der Waals surface area contributed by atoms with E-state index in [2.05, 4.69) is 20.4 Å². The molecule has 4 rings (SSSR count). The number of carbonyl (C=O) groups excluding carboxylic acids is 1. The molecule has 1 aromatic heterocycles. The van der Waals surface area contributed by atoms with E-state index in [1.54, 1.807) is 7.11 Å². The number of nitrogens with zero attached hydrogens (tertiary/aromatic N) is 3. The number of ether oxygens (including phenoxy) is 1. The monoisotopic (exact) mass is 502 g/mol. The summed E-state index contributed by atoms with van der Waals surface area (Å²) in [7, 11) is 1.61. The van der Waals surface area contributed by atoms with E-state index in [1.807, 2.05) is 38.1 Å². The Morgan fingerprint density at radius 2 is 1.69 bits per heavy atom. The molecule has 0 unspecified atom stereocenters. The molecular weight excluding hydrogens is 476 g/mol. The van der Waals surface area contributed by atoms with Crippen LogP contribution in [0.15, 0.2) is 42.5 Å². The van der Waals surface area contributed by atoms with E-state index in [1.165, 1.54) is 0 Å². The van der Waals surface area contributed by atoms with Crippen LogP contribution in [0, 0.1) is 19.7 Å².